The van der Waals surface area contributed by atoms with Gasteiger partial charge in [0.1, 0.15) is 0 Å². The van der Waals surface area contributed by atoms with E-state index in [0.29, 0.717) is 0 Å². The molecule has 0 atom stereocenters. The molecule has 0 spiro atoms. The van der Waals surface area contributed by atoms with Gasteiger partial charge in [-0.15, -0.1) is 0 Å². The molecular weight excluding hydrogens is 548 g/mol. The number of benzene rings is 1. The number of rotatable bonds is 2. The molecule has 0 saturated carbocycles. The van der Waals surface area contributed by atoms with E-state index in [0.717, 1.165) is 22.4 Å². The molecule has 0 heterocycles. The maximum absolute atomic E-state index is 3.56. The summed E-state index contributed by atoms with van der Waals surface area (Å²) in [7, 11) is 3.41. The van der Waals surface area contributed by atoms with E-state index in [1.54, 1.807) is 21.6 Å². The molecular formula is C7H3Br5S2. The molecule has 0 fully saturated rings. The normalized spacial score (nSPS) is 10.7. The van der Waals surface area contributed by atoms with Crippen molar-refractivity contribution in [3.05, 3.63) is 22.4 Å². The Kier molecular flexibility index (Phi) is 6.48. The fourth-order valence-electron chi connectivity index (χ4n) is 0.741. The molecule has 0 aliphatic heterocycles. The highest BCUT2D eigenvalue weighted by atomic mass is 79.9. The molecule has 1 aromatic rings. The first-order chi connectivity index (χ1) is 6.50. The van der Waals surface area contributed by atoms with Gasteiger partial charge in [0.2, 0.25) is 0 Å². The minimum atomic E-state index is 1.00. The summed E-state index contributed by atoms with van der Waals surface area (Å²) in [5.41, 5.74) is 0. The molecule has 0 aliphatic rings. The van der Waals surface area contributed by atoms with E-state index in [2.05, 4.69) is 79.6 Å². The van der Waals surface area contributed by atoms with Crippen LogP contribution in [-0.2, 0) is 0 Å². The second kappa shape index (κ2) is 6.31. The summed E-state index contributed by atoms with van der Waals surface area (Å²) in [5.74, 6) is 0. The average molecular weight is 551 g/mol. The molecule has 0 aromatic heterocycles. The van der Waals surface area contributed by atoms with Crippen molar-refractivity contribution in [2.45, 2.75) is 4.90 Å². The molecule has 1 aromatic carbocycles. The Labute approximate surface area is 133 Å². The maximum atomic E-state index is 3.56. The molecule has 14 heavy (non-hydrogen) atoms. The molecule has 78 valence electrons. The van der Waals surface area contributed by atoms with E-state index < -0.39 is 0 Å². The summed E-state index contributed by atoms with van der Waals surface area (Å²) in [6.07, 6.45) is 2.05. The van der Waals surface area contributed by atoms with E-state index in [1.165, 1.54) is 4.90 Å². The molecule has 7 heteroatoms. The van der Waals surface area contributed by atoms with Crippen LogP contribution in [0.3, 0.4) is 0 Å². The van der Waals surface area contributed by atoms with Crippen LogP contribution in [0.1, 0.15) is 0 Å². The van der Waals surface area contributed by atoms with Crippen LogP contribution in [0.15, 0.2) is 27.3 Å². The standard InChI is InChI=1S/C7H3Br5S2/c1-13-14-7-5(11)3(9)2(8)4(10)6(7)12/h1H3. The van der Waals surface area contributed by atoms with Crippen LogP contribution < -0.4 is 0 Å². The molecule has 0 nitrogen and oxygen atoms in total. The number of hydrogen-bond acceptors (Lipinski definition) is 2. The summed E-state index contributed by atoms with van der Waals surface area (Å²) < 4.78 is 5.15. The van der Waals surface area contributed by atoms with Gasteiger partial charge in [0.15, 0.2) is 0 Å². The van der Waals surface area contributed by atoms with Crippen LogP contribution in [0.25, 0.3) is 0 Å². The smallest absolute Gasteiger partial charge is 0.0490 e. The minimum Gasteiger partial charge on any atom is -0.0923 e. The van der Waals surface area contributed by atoms with E-state index in [1.807, 2.05) is 6.26 Å². The van der Waals surface area contributed by atoms with Crippen LogP contribution in [-0.4, -0.2) is 6.26 Å². The zero-order valence-electron chi connectivity index (χ0n) is 6.71. The monoisotopic (exact) mass is 546 g/mol. The van der Waals surface area contributed by atoms with Crippen LogP contribution in [0.2, 0.25) is 0 Å². The molecule has 0 aliphatic carbocycles. The van der Waals surface area contributed by atoms with Crippen LogP contribution in [0, 0.1) is 0 Å². The Balaban J connectivity index is 3.43. The third kappa shape index (κ3) is 2.96. The highest BCUT2D eigenvalue weighted by Crippen LogP contribution is 2.50. The van der Waals surface area contributed by atoms with Crippen LogP contribution in [0.5, 0.6) is 0 Å². The maximum Gasteiger partial charge on any atom is 0.0490 e. The number of hydrogen-bond donors (Lipinski definition) is 0. The lowest BCUT2D eigenvalue weighted by Gasteiger charge is -2.11. The van der Waals surface area contributed by atoms with Crippen LogP contribution in [0.4, 0.5) is 0 Å². The average Bonchev–Trinajstić information content (AvgIpc) is 2.19. The molecule has 0 saturated heterocycles. The van der Waals surface area contributed by atoms with Gasteiger partial charge in [-0.2, -0.15) is 0 Å². The largest absolute Gasteiger partial charge is 0.0923 e. The first kappa shape index (κ1) is 14.4. The van der Waals surface area contributed by atoms with Crippen molar-refractivity contribution >= 4 is 101 Å². The third-order valence-corrected chi connectivity index (χ3v) is 9.70. The number of halogens is 5. The minimum absolute atomic E-state index is 1.00. The lowest BCUT2D eigenvalue weighted by atomic mass is 10.4. The fraction of sp³-hybridized carbons (Fsp3) is 0.143. The van der Waals surface area contributed by atoms with Crippen molar-refractivity contribution in [1.29, 1.82) is 0 Å². The van der Waals surface area contributed by atoms with Gasteiger partial charge in [0.25, 0.3) is 0 Å². The van der Waals surface area contributed by atoms with Gasteiger partial charge >= 0.3 is 0 Å². The van der Waals surface area contributed by atoms with Crippen LogP contribution >= 0.6 is 101 Å². The Morgan fingerprint density at radius 1 is 0.714 bits per heavy atom. The van der Waals surface area contributed by atoms with Gasteiger partial charge in [0.05, 0.1) is 0 Å². The van der Waals surface area contributed by atoms with Gasteiger partial charge in [-0.05, 0) is 85.9 Å². The first-order valence-corrected chi connectivity index (χ1v) is 9.75. The van der Waals surface area contributed by atoms with Gasteiger partial charge in [-0.3, -0.25) is 0 Å². The first-order valence-electron chi connectivity index (χ1n) is 3.22. The SMILES string of the molecule is CSSc1c(Br)c(Br)c(Br)c(Br)c1Br. The lowest BCUT2D eigenvalue weighted by molar-refractivity contribution is 1.29. The quantitative estimate of drug-likeness (QED) is 0.224. The third-order valence-electron chi connectivity index (χ3n) is 1.34. The summed E-state index contributed by atoms with van der Waals surface area (Å²) in [6.45, 7) is 0. The Morgan fingerprint density at radius 3 is 1.43 bits per heavy atom. The van der Waals surface area contributed by atoms with Crippen molar-refractivity contribution in [3.8, 4) is 0 Å². The van der Waals surface area contributed by atoms with Crippen molar-refractivity contribution < 1.29 is 0 Å². The molecule has 0 radical (unpaired) electrons. The van der Waals surface area contributed by atoms with Gasteiger partial charge in [-0.1, -0.05) is 21.6 Å². The summed E-state index contributed by atoms with van der Waals surface area (Å²) >= 11 is 17.6. The highest BCUT2D eigenvalue weighted by Gasteiger charge is 2.17. The summed E-state index contributed by atoms with van der Waals surface area (Å²) in [6, 6.07) is 0. The Bertz CT molecular complexity index is 337. The lowest BCUT2D eigenvalue weighted by Crippen LogP contribution is -1.83. The summed E-state index contributed by atoms with van der Waals surface area (Å²) in [5, 5.41) is 0. The zero-order chi connectivity index (χ0) is 10.9. The highest BCUT2D eigenvalue weighted by molar-refractivity contribution is 9.15. The predicted octanol–water partition coefficient (Wildman–Crippen LogP) is 6.87. The molecule has 0 N–H and O–H groups in total. The Morgan fingerprint density at radius 2 is 1.07 bits per heavy atom. The van der Waals surface area contributed by atoms with E-state index in [9.17, 15) is 0 Å². The van der Waals surface area contributed by atoms with E-state index in [-0.39, 0.29) is 0 Å². The second-order valence-electron chi connectivity index (χ2n) is 2.15. The van der Waals surface area contributed by atoms with Gasteiger partial charge in [0, 0.05) is 27.3 Å². The second-order valence-corrected chi connectivity index (χ2v) is 8.52. The van der Waals surface area contributed by atoms with E-state index >= 15 is 0 Å². The predicted molar refractivity (Wildman–Crippen MR) is 84.3 cm³/mol. The van der Waals surface area contributed by atoms with E-state index in [4.69, 9.17) is 0 Å². The van der Waals surface area contributed by atoms with Gasteiger partial charge in [-0.25, -0.2) is 0 Å². The molecule has 0 unspecified atom stereocenters. The van der Waals surface area contributed by atoms with Crippen molar-refractivity contribution in [2.75, 3.05) is 6.26 Å². The molecule has 0 amide bonds. The molecule has 0 bridgehead atoms. The van der Waals surface area contributed by atoms with Gasteiger partial charge < -0.3 is 0 Å². The Hall–Kier alpha value is 2.32. The molecule has 1 rings (SSSR count). The topological polar surface area (TPSA) is 0 Å². The fourth-order valence-corrected chi connectivity index (χ4v) is 6.70. The van der Waals surface area contributed by atoms with Crippen molar-refractivity contribution in [3.63, 3.8) is 0 Å². The van der Waals surface area contributed by atoms with Crippen molar-refractivity contribution in [1.82, 2.24) is 0 Å². The summed E-state index contributed by atoms with van der Waals surface area (Å²) in [4.78, 5) is 1.17. The zero-order valence-corrected chi connectivity index (χ0v) is 16.3. The van der Waals surface area contributed by atoms with Crippen molar-refractivity contribution in [2.24, 2.45) is 0 Å².